The Labute approximate surface area is 137 Å². The Balaban J connectivity index is 1.72. The van der Waals surface area contributed by atoms with Gasteiger partial charge < -0.3 is 10.1 Å². The molecule has 7 nitrogen and oxygen atoms in total. The second kappa shape index (κ2) is 8.28. The fraction of sp³-hybridized carbons (Fsp3) is 0.533. The van der Waals surface area contributed by atoms with Gasteiger partial charge in [0, 0.05) is 25.7 Å². The molecular formula is C15H23N3O4S. The highest BCUT2D eigenvalue weighted by molar-refractivity contribution is 7.87. The van der Waals surface area contributed by atoms with E-state index in [4.69, 9.17) is 4.74 Å². The molecule has 1 fully saturated rings. The Morgan fingerprint density at radius 3 is 2.52 bits per heavy atom. The third-order valence-corrected chi connectivity index (χ3v) is 5.35. The topological polar surface area (TPSA) is 87.7 Å². The average molecular weight is 341 g/mol. The molecule has 1 heterocycles. The summed E-state index contributed by atoms with van der Waals surface area (Å²) < 4.78 is 32.8. The van der Waals surface area contributed by atoms with Gasteiger partial charge in [0.05, 0.1) is 0 Å². The molecule has 0 aromatic heterocycles. The van der Waals surface area contributed by atoms with E-state index in [0.717, 1.165) is 5.56 Å². The number of carbonyl (C=O) groups is 1. The minimum Gasteiger partial charge on any atom is -0.445 e. The summed E-state index contributed by atoms with van der Waals surface area (Å²) in [5, 5.41) is 2.79. The summed E-state index contributed by atoms with van der Waals surface area (Å²) in [4.78, 5) is 11.8. The van der Waals surface area contributed by atoms with Crippen LogP contribution in [0.15, 0.2) is 30.3 Å². The lowest BCUT2D eigenvalue weighted by molar-refractivity contribution is 0.131. The van der Waals surface area contributed by atoms with Gasteiger partial charge in [-0.15, -0.1) is 0 Å². The Bertz CT molecular complexity index is 598. The summed E-state index contributed by atoms with van der Waals surface area (Å²) in [5.41, 5.74) is 0.925. The lowest BCUT2D eigenvalue weighted by Gasteiger charge is -2.31. The second-order valence-electron chi connectivity index (χ2n) is 5.38. The number of alkyl carbamates (subject to hydrolysis) is 1. The van der Waals surface area contributed by atoms with Crippen LogP contribution in [0.25, 0.3) is 0 Å². The van der Waals surface area contributed by atoms with Crippen molar-refractivity contribution in [3.05, 3.63) is 35.9 Å². The number of piperidine rings is 1. The van der Waals surface area contributed by atoms with E-state index in [1.165, 1.54) is 4.31 Å². The molecule has 23 heavy (non-hydrogen) atoms. The first-order chi connectivity index (χ1) is 11.0. The van der Waals surface area contributed by atoms with Crippen molar-refractivity contribution in [1.82, 2.24) is 14.3 Å². The molecule has 8 heteroatoms. The molecule has 0 radical (unpaired) electrons. The van der Waals surface area contributed by atoms with Gasteiger partial charge in [0.2, 0.25) is 0 Å². The summed E-state index contributed by atoms with van der Waals surface area (Å²) in [6, 6.07) is 9.38. The fourth-order valence-corrected chi connectivity index (χ4v) is 3.68. The lowest BCUT2D eigenvalue weighted by atomic mass is 10.1. The zero-order valence-corrected chi connectivity index (χ0v) is 14.0. The molecule has 1 saturated heterocycles. The summed E-state index contributed by atoms with van der Waals surface area (Å²) in [6.45, 7) is 3.11. The third kappa shape index (κ3) is 5.49. The zero-order valence-electron chi connectivity index (χ0n) is 13.2. The average Bonchev–Trinajstić information content (AvgIpc) is 2.54. The summed E-state index contributed by atoms with van der Waals surface area (Å²) in [7, 11) is -3.39. The maximum Gasteiger partial charge on any atom is 0.407 e. The molecule has 1 aliphatic heterocycles. The maximum absolute atomic E-state index is 11.9. The SMILES string of the molecule is CCNS(=O)(=O)N1CCC(NC(=O)OCc2ccccc2)CC1. The number of rotatable bonds is 6. The van der Waals surface area contributed by atoms with Crippen molar-refractivity contribution in [2.45, 2.75) is 32.4 Å². The van der Waals surface area contributed by atoms with Crippen molar-refractivity contribution >= 4 is 16.3 Å². The van der Waals surface area contributed by atoms with Crippen molar-refractivity contribution in [1.29, 1.82) is 0 Å². The standard InChI is InChI=1S/C15H23N3O4S/c1-2-16-23(20,21)18-10-8-14(9-11-18)17-15(19)22-12-13-6-4-3-5-7-13/h3-7,14,16H,2,8-12H2,1H3,(H,17,19). The van der Waals surface area contributed by atoms with E-state index in [-0.39, 0.29) is 12.6 Å². The number of nitrogens with one attached hydrogen (secondary N) is 2. The van der Waals surface area contributed by atoms with Crippen LogP contribution in [-0.4, -0.2) is 44.5 Å². The first kappa shape index (κ1) is 17.7. The minimum absolute atomic E-state index is 0.0636. The monoisotopic (exact) mass is 341 g/mol. The highest BCUT2D eigenvalue weighted by Gasteiger charge is 2.28. The van der Waals surface area contributed by atoms with Crippen LogP contribution >= 0.6 is 0 Å². The van der Waals surface area contributed by atoms with Gasteiger partial charge in [0.15, 0.2) is 0 Å². The normalized spacial score (nSPS) is 16.9. The van der Waals surface area contributed by atoms with E-state index in [2.05, 4.69) is 10.0 Å². The Morgan fingerprint density at radius 2 is 1.91 bits per heavy atom. The Kier molecular flexibility index (Phi) is 6.37. The van der Waals surface area contributed by atoms with Crippen LogP contribution in [0, 0.1) is 0 Å². The van der Waals surface area contributed by atoms with E-state index in [9.17, 15) is 13.2 Å². The number of ether oxygens (including phenoxy) is 1. The molecule has 1 aromatic carbocycles. The molecule has 1 aliphatic rings. The molecule has 1 amide bonds. The van der Waals surface area contributed by atoms with Gasteiger partial charge >= 0.3 is 6.09 Å². The van der Waals surface area contributed by atoms with Crippen LogP contribution in [0.4, 0.5) is 4.79 Å². The molecule has 2 N–H and O–H groups in total. The molecular weight excluding hydrogens is 318 g/mol. The first-order valence-electron chi connectivity index (χ1n) is 7.73. The highest BCUT2D eigenvalue weighted by atomic mass is 32.2. The Morgan fingerprint density at radius 1 is 1.26 bits per heavy atom. The van der Waals surface area contributed by atoms with E-state index < -0.39 is 16.3 Å². The summed E-state index contributed by atoms with van der Waals surface area (Å²) >= 11 is 0. The van der Waals surface area contributed by atoms with Crippen LogP contribution in [-0.2, 0) is 21.6 Å². The molecule has 0 atom stereocenters. The number of amides is 1. The van der Waals surface area contributed by atoms with Crippen LogP contribution in [0.5, 0.6) is 0 Å². The van der Waals surface area contributed by atoms with Crippen molar-refractivity contribution in [3.8, 4) is 0 Å². The van der Waals surface area contributed by atoms with E-state index in [1.807, 2.05) is 30.3 Å². The number of carbonyl (C=O) groups excluding carboxylic acids is 1. The number of nitrogens with zero attached hydrogens (tertiary/aromatic N) is 1. The molecule has 2 rings (SSSR count). The van der Waals surface area contributed by atoms with Gasteiger partial charge in [0.1, 0.15) is 6.61 Å². The first-order valence-corrected chi connectivity index (χ1v) is 9.17. The molecule has 0 saturated carbocycles. The van der Waals surface area contributed by atoms with E-state index in [1.54, 1.807) is 6.92 Å². The zero-order chi connectivity index (χ0) is 16.7. The van der Waals surface area contributed by atoms with Gasteiger partial charge in [-0.1, -0.05) is 37.3 Å². The van der Waals surface area contributed by atoms with Crippen LogP contribution in [0.2, 0.25) is 0 Å². The Hall–Kier alpha value is -1.64. The van der Waals surface area contributed by atoms with Crippen LogP contribution < -0.4 is 10.0 Å². The van der Waals surface area contributed by atoms with Crippen LogP contribution in [0.3, 0.4) is 0 Å². The smallest absolute Gasteiger partial charge is 0.407 e. The number of benzene rings is 1. The maximum atomic E-state index is 11.9. The lowest BCUT2D eigenvalue weighted by Crippen LogP contribution is -2.49. The fourth-order valence-electron chi connectivity index (χ4n) is 2.45. The molecule has 128 valence electrons. The van der Waals surface area contributed by atoms with E-state index in [0.29, 0.717) is 32.5 Å². The molecule has 1 aromatic rings. The van der Waals surface area contributed by atoms with Gasteiger partial charge in [0.25, 0.3) is 10.2 Å². The summed E-state index contributed by atoms with van der Waals surface area (Å²) in [5.74, 6) is 0. The van der Waals surface area contributed by atoms with Crippen molar-refractivity contribution in [2.24, 2.45) is 0 Å². The third-order valence-electron chi connectivity index (χ3n) is 3.66. The quantitative estimate of drug-likeness (QED) is 0.815. The van der Waals surface area contributed by atoms with Gasteiger partial charge in [-0.05, 0) is 18.4 Å². The summed E-state index contributed by atoms with van der Waals surface area (Å²) in [6.07, 6.45) is 0.678. The van der Waals surface area contributed by atoms with Crippen molar-refractivity contribution in [3.63, 3.8) is 0 Å². The van der Waals surface area contributed by atoms with Gasteiger partial charge in [-0.25, -0.2) is 9.52 Å². The van der Waals surface area contributed by atoms with Gasteiger partial charge in [-0.3, -0.25) is 0 Å². The van der Waals surface area contributed by atoms with E-state index >= 15 is 0 Å². The van der Waals surface area contributed by atoms with Gasteiger partial charge in [-0.2, -0.15) is 12.7 Å². The molecule has 0 unspecified atom stereocenters. The van der Waals surface area contributed by atoms with Crippen molar-refractivity contribution < 1.29 is 17.9 Å². The number of hydrogen-bond acceptors (Lipinski definition) is 4. The minimum atomic E-state index is -3.39. The van der Waals surface area contributed by atoms with Crippen LogP contribution in [0.1, 0.15) is 25.3 Å². The number of hydrogen-bond donors (Lipinski definition) is 2. The van der Waals surface area contributed by atoms with Crippen molar-refractivity contribution in [2.75, 3.05) is 19.6 Å². The largest absolute Gasteiger partial charge is 0.445 e. The molecule has 0 spiro atoms. The second-order valence-corrected chi connectivity index (χ2v) is 7.14. The predicted octanol–water partition coefficient (Wildman–Crippen LogP) is 1.23. The highest BCUT2D eigenvalue weighted by Crippen LogP contribution is 2.13. The molecule has 0 bridgehead atoms. The predicted molar refractivity (Wildman–Crippen MR) is 87.0 cm³/mol. The molecule has 0 aliphatic carbocycles.